The summed E-state index contributed by atoms with van der Waals surface area (Å²) in [6.07, 6.45) is -4.85. The highest BCUT2D eigenvalue weighted by molar-refractivity contribution is 5.95. The Hall–Kier alpha value is -3.93. The second-order valence-electron chi connectivity index (χ2n) is 7.87. The molecule has 3 heterocycles. The molecule has 3 aromatic rings. The smallest absolute Gasteiger partial charge is 0.417 e. The van der Waals surface area contributed by atoms with Crippen LogP contribution in [0.15, 0.2) is 48.7 Å². The number of halogens is 3. The fourth-order valence-corrected chi connectivity index (χ4v) is 3.80. The van der Waals surface area contributed by atoms with Crippen LogP contribution in [0.3, 0.4) is 0 Å². The van der Waals surface area contributed by atoms with Gasteiger partial charge in [-0.2, -0.15) is 13.2 Å². The van der Waals surface area contributed by atoms with E-state index in [1.807, 2.05) is 0 Å². The van der Waals surface area contributed by atoms with E-state index >= 15 is 0 Å². The van der Waals surface area contributed by atoms with E-state index < -0.39 is 23.9 Å². The number of benzene rings is 1. The molecule has 35 heavy (non-hydrogen) atoms. The van der Waals surface area contributed by atoms with E-state index in [1.165, 1.54) is 12.0 Å². The molecule has 9 nitrogen and oxygen atoms in total. The number of ether oxygens (including phenoxy) is 2. The van der Waals surface area contributed by atoms with Crippen LogP contribution >= 0.6 is 0 Å². The molecule has 4 rings (SSSR count). The molecule has 1 saturated heterocycles. The minimum Gasteiger partial charge on any atom is -0.465 e. The van der Waals surface area contributed by atoms with E-state index in [2.05, 4.69) is 9.97 Å². The largest absolute Gasteiger partial charge is 0.465 e. The lowest BCUT2D eigenvalue weighted by atomic mass is 10.1. The first-order valence-electron chi connectivity index (χ1n) is 10.6. The predicted molar refractivity (Wildman–Crippen MR) is 117 cm³/mol. The van der Waals surface area contributed by atoms with Gasteiger partial charge in [0.25, 0.3) is 5.91 Å². The Morgan fingerprint density at radius 1 is 1.14 bits per heavy atom. The zero-order valence-electron chi connectivity index (χ0n) is 18.5. The second kappa shape index (κ2) is 9.74. The van der Waals surface area contributed by atoms with Crippen molar-refractivity contribution in [3.8, 4) is 11.6 Å². The van der Waals surface area contributed by atoms with Crippen molar-refractivity contribution in [1.82, 2.24) is 19.8 Å². The van der Waals surface area contributed by atoms with Crippen LogP contribution in [-0.4, -0.2) is 76.3 Å². The third-order valence-electron chi connectivity index (χ3n) is 5.54. The van der Waals surface area contributed by atoms with Crippen LogP contribution in [-0.2, 0) is 10.9 Å². The van der Waals surface area contributed by atoms with Crippen LogP contribution in [0, 0.1) is 0 Å². The summed E-state index contributed by atoms with van der Waals surface area (Å²) < 4.78 is 48.7. The van der Waals surface area contributed by atoms with Gasteiger partial charge in [0, 0.05) is 44.4 Å². The number of alkyl halides is 3. The monoisotopic (exact) mass is 490 g/mol. The van der Waals surface area contributed by atoms with Crippen molar-refractivity contribution in [3.05, 3.63) is 59.9 Å². The van der Waals surface area contributed by atoms with Gasteiger partial charge in [-0.25, -0.2) is 14.8 Å². The molecule has 1 aliphatic heterocycles. The molecule has 2 aromatic heterocycles. The number of hydrogen-bond donors (Lipinski definition) is 1. The van der Waals surface area contributed by atoms with Gasteiger partial charge >= 0.3 is 12.3 Å². The van der Waals surface area contributed by atoms with E-state index in [9.17, 15) is 27.9 Å². The second-order valence-corrected chi connectivity index (χ2v) is 7.87. The van der Waals surface area contributed by atoms with Gasteiger partial charge in [-0.3, -0.25) is 9.69 Å². The van der Waals surface area contributed by atoms with E-state index in [4.69, 9.17) is 9.47 Å². The number of rotatable bonds is 5. The van der Waals surface area contributed by atoms with Gasteiger partial charge in [-0.15, -0.1) is 0 Å². The normalized spacial score (nSPS) is 16.4. The number of pyridine rings is 2. The first kappa shape index (κ1) is 24.2. The molecule has 0 spiro atoms. The van der Waals surface area contributed by atoms with Gasteiger partial charge in [0.15, 0.2) is 0 Å². The maximum Gasteiger partial charge on any atom is 0.417 e. The van der Waals surface area contributed by atoms with E-state index in [1.54, 1.807) is 35.2 Å². The lowest BCUT2D eigenvalue weighted by Crippen LogP contribution is -2.57. The first-order chi connectivity index (χ1) is 16.7. The molecule has 0 aliphatic carbocycles. The Labute approximate surface area is 197 Å². The Bertz CT molecular complexity index is 1240. The van der Waals surface area contributed by atoms with Gasteiger partial charge < -0.3 is 19.5 Å². The van der Waals surface area contributed by atoms with Crippen molar-refractivity contribution in [3.63, 3.8) is 0 Å². The first-order valence-corrected chi connectivity index (χ1v) is 10.6. The molecule has 0 unspecified atom stereocenters. The average molecular weight is 490 g/mol. The third-order valence-corrected chi connectivity index (χ3v) is 5.54. The Balaban J connectivity index is 1.48. The number of methoxy groups -OCH3 is 1. The minimum absolute atomic E-state index is 0.00298. The van der Waals surface area contributed by atoms with Gasteiger partial charge in [0.05, 0.1) is 23.7 Å². The zero-order chi connectivity index (χ0) is 25.2. The molecular weight excluding hydrogens is 469 g/mol. The molecule has 0 bridgehead atoms. The van der Waals surface area contributed by atoms with Crippen LogP contribution in [0.2, 0.25) is 0 Å². The van der Waals surface area contributed by atoms with Crippen molar-refractivity contribution in [1.29, 1.82) is 0 Å². The molecule has 12 heteroatoms. The lowest BCUT2D eigenvalue weighted by Gasteiger charge is -2.39. The number of carbonyl (C=O) groups is 2. The number of fused-ring (bicyclic) bond motifs is 1. The van der Waals surface area contributed by atoms with Crippen molar-refractivity contribution in [2.75, 3.05) is 33.4 Å². The summed E-state index contributed by atoms with van der Waals surface area (Å²) in [4.78, 5) is 35.4. The number of carboxylic acid groups (broad SMARTS) is 1. The molecular formula is C23H21F3N4O5. The maximum atomic E-state index is 13.0. The topological polar surface area (TPSA) is 105 Å². The molecule has 0 radical (unpaired) electrons. The minimum atomic E-state index is -4.48. The summed E-state index contributed by atoms with van der Waals surface area (Å²) in [6.45, 7) is 0.753. The summed E-state index contributed by atoms with van der Waals surface area (Å²) in [5, 5.41) is 10.0. The molecule has 1 aliphatic rings. The predicted octanol–water partition coefficient (Wildman–Crippen LogP) is 3.89. The number of nitrogens with zero attached hydrogens (tertiary/aromatic N) is 4. The van der Waals surface area contributed by atoms with Crippen molar-refractivity contribution >= 4 is 22.9 Å². The van der Waals surface area contributed by atoms with Crippen molar-refractivity contribution < 1.29 is 37.3 Å². The SMILES string of the molecule is COC[C@H]1CN(C(=O)c2ccc3cc(Oc4ccc(C(F)(F)F)cn4)ccc3n2)CCN1C(=O)O. The summed E-state index contributed by atoms with van der Waals surface area (Å²) in [5.41, 5.74) is -0.153. The Morgan fingerprint density at radius 3 is 2.60 bits per heavy atom. The lowest BCUT2D eigenvalue weighted by molar-refractivity contribution is -0.137. The highest BCUT2D eigenvalue weighted by Crippen LogP contribution is 2.30. The standard InChI is InChI=1S/C23H21F3N4O5/c1-34-13-16-12-29(8-9-30(16)22(32)33)21(31)19-5-2-14-10-17(4-6-18(14)28-19)35-20-7-3-15(11-27-20)23(24,25)26/h2-7,10-11,16H,8-9,12-13H2,1H3,(H,32,33)/t16-/m1/s1. The van der Waals surface area contributed by atoms with Crippen LogP contribution in [0.25, 0.3) is 10.9 Å². The molecule has 1 atom stereocenters. The number of aromatic nitrogens is 2. The maximum absolute atomic E-state index is 13.0. The van der Waals surface area contributed by atoms with Crippen LogP contribution < -0.4 is 4.74 Å². The zero-order valence-corrected chi connectivity index (χ0v) is 18.5. The highest BCUT2D eigenvalue weighted by atomic mass is 19.4. The Kier molecular flexibility index (Phi) is 6.74. The Morgan fingerprint density at radius 2 is 1.94 bits per heavy atom. The summed E-state index contributed by atoms with van der Waals surface area (Å²) in [7, 11) is 1.47. The molecule has 2 amide bonds. The number of amides is 2. The van der Waals surface area contributed by atoms with E-state index in [-0.39, 0.29) is 43.7 Å². The van der Waals surface area contributed by atoms with Gasteiger partial charge in [0.2, 0.25) is 5.88 Å². The summed E-state index contributed by atoms with van der Waals surface area (Å²) in [5.74, 6) is 0.0216. The summed E-state index contributed by atoms with van der Waals surface area (Å²) in [6, 6.07) is 9.61. The molecule has 184 valence electrons. The van der Waals surface area contributed by atoms with E-state index in [0.717, 1.165) is 12.1 Å². The molecule has 1 aromatic carbocycles. The van der Waals surface area contributed by atoms with E-state index in [0.29, 0.717) is 22.8 Å². The fourth-order valence-electron chi connectivity index (χ4n) is 3.80. The quantitative estimate of drug-likeness (QED) is 0.579. The number of carbonyl (C=O) groups excluding carboxylic acids is 1. The van der Waals surface area contributed by atoms with Crippen LogP contribution in [0.4, 0.5) is 18.0 Å². The van der Waals surface area contributed by atoms with Crippen molar-refractivity contribution in [2.24, 2.45) is 0 Å². The highest BCUT2D eigenvalue weighted by Gasteiger charge is 2.33. The third kappa shape index (κ3) is 5.43. The number of piperazine rings is 1. The molecule has 1 N–H and O–H groups in total. The van der Waals surface area contributed by atoms with Crippen LogP contribution in [0.5, 0.6) is 11.6 Å². The average Bonchev–Trinajstić information content (AvgIpc) is 2.83. The van der Waals surface area contributed by atoms with Gasteiger partial charge in [-0.05, 0) is 30.3 Å². The van der Waals surface area contributed by atoms with Gasteiger partial charge in [-0.1, -0.05) is 6.07 Å². The molecule has 1 fully saturated rings. The molecule has 0 saturated carbocycles. The number of hydrogen-bond acceptors (Lipinski definition) is 6. The fraction of sp³-hybridized carbons (Fsp3) is 0.304. The van der Waals surface area contributed by atoms with Gasteiger partial charge in [0.1, 0.15) is 11.4 Å². The summed E-state index contributed by atoms with van der Waals surface area (Å²) >= 11 is 0. The van der Waals surface area contributed by atoms with Crippen molar-refractivity contribution in [2.45, 2.75) is 12.2 Å². The van der Waals surface area contributed by atoms with Crippen LogP contribution in [0.1, 0.15) is 16.1 Å².